The van der Waals surface area contributed by atoms with Gasteiger partial charge in [-0.3, -0.25) is 4.90 Å². The lowest BCUT2D eigenvalue weighted by atomic mass is 10.1. The SMILES string of the molecule is CCOCc1nc2c(N)nc3ccccc3c2n1CCCN(CCN(C)C)Cc1cccc(CCOC)c1. The average Bonchev–Trinajstić information content (AvgIpc) is 3.28. The third-order valence-corrected chi connectivity index (χ3v) is 6.84. The van der Waals surface area contributed by atoms with Gasteiger partial charge in [-0.2, -0.15) is 0 Å². The van der Waals surface area contributed by atoms with E-state index in [1.165, 1.54) is 11.1 Å². The first-order valence-corrected chi connectivity index (χ1v) is 13.5. The van der Waals surface area contributed by atoms with E-state index in [9.17, 15) is 0 Å². The number of ether oxygens (including phenoxy) is 2. The molecule has 0 atom stereocenters. The largest absolute Gasteiger partial charge is 0.384 e. The van der Waals surface area contributed by atoms with E-state index >= 15 is 0 Å². The van der Waals surface area contributed by atoms with Crippen LogP contribution in [0.4, 0.5) is 5.82 Å². The fourth-order valence-electron chi connectivity index (χ4n) is 4.87. The molecule has 204 valence electrons. The van der Waals surface area contributed by atoms with Crippen molar-refractivity contribution in [1.29, 1.82) is 0 Å². The summed E-state index contributed by atoms with van der Waals surface area (Å²) in [5.74, 6) is 1.37. The Bertz CT molecular complexity index is 1320. The van der Waals surface area contributed by atoms with Crippen molar-refractivity contribution in [2.24, 2.45) is 0 Å². The lowest BCUT2D eigenvalue weighted by Gasteiger charge is -2.25. The number of fused-ring (bicyclic) bond motifs is 3. The Balaban J connectivity index is 1.55. The second-order valence-corrected chi connectivity index (χ2v) is 10.0. The van der Waals surface area contributed by atoms with Crippen LogP contribution in [-0.4, -0.2) is 78.4 Å². The Morgan fingerprint density at radius 2 is 1.79 bits per heavy atom. The molecule has 2 N–H and O–H groups in total. The van der Waals surface area contributed by atoms with Crippen molar-refractivity contribution in [3.05, 3.63) is 65.5 Å². The molecule has 38 heavy (non-hydrogen) atoms. The van der Waals surface area contributed by atoms with Gasteiger partial charge in [0.05, 0.1) is 17.6 Å². The van der Waals surface area contributed by atoms with E-state index in [-0.39, 0.29) is 0 Å². The highest BCUT2D eigenvalue weighted by molar-refractivity contribution is 6.06. The van der Waals surface area contributed by atoms with E-state index in [1.807, 2.05) is 25.1 Å². The standard InChI is InChI=1S/C30H42N6O2/c1-5-38-22-27-33-28-29(25-12-6-7-13-26(25)32-30(28)31)36(27)16-9-15-35(18-17-34(2)3)21-24-11-8-10-23(20-24)14-19-37-4/h6-8,10-13,20H,5,9,14-19,21-22H2,1-4H3,(H2,31,32). The minimum atomic E-state index is 0.456. The maximum atomic E-state index is 6.36. The van der Waals surface area contributed by atoms with Gasteiger partial charge in [0.25, 0.3) is 0 Å². The van der Waals surface area contributed by atoms with Crippen LogP contribution in [0.1, 0.15) is 30.3 Å². The number of anilines is 1. The summed E-state index contributed by atoms with van der Waals surface area (Å²) in [6.45, 7) is 8.59. The van der Waals surface area contributed by atoms with Gasteiger partial charge < -0.3 is 24.7 Å². The molecule has 0 radical (unpaired) electrons. The number of hydrogen-bond acceptors (Lipinski definition) is 7. The van der Waals surface area contributed by atoms with E-state index < -0.39 is 0 Å². The van der Waals surface area contributed by atoms with Gasteiger partial charge in [-0.1, -0.05) is 42.5 Å². The van der Waals surface area contributed by atoms with Gasteiger partial charge in [0, 0.05) is 51.8 Å². The number of hydrogen-bond donors (Lipinski definition) is 1. The van der Waals surface area contributed by atoms with Gasteiger partial charge in [0.2, 0.25) is 0 Å². The molecule has 8 nitrogen and oxygen atoms in total. The predicted octanol–water partition coefficient (Wildman–Crippen LogP) is 4.35. The number of pyridine rings is 1. The van der Waals surface area contributed by atoms with Crippen molar-refractivity contribution in [3.63, 3.8) is 0 Å². The summed E-state index contributed by atoms with van der Waals surface area (Å²) < 4.78 is 13.4. The molecule has 0 spiro atoms. The molecule has 0 aliphatic rings. The zero-order valence-corrected chi connectivity index (χ0v) is 23.3. The first kappa shape index (κ1) is 28.0. The minimum absolute atomic E-state index is 0.456. The van der Waals surface area contributed by atoms with E-state index in [2.05, 4.69) is 63.8 Å². The number of aromatic nitrogens is 3. The van der Waals surface area contributed by atoms with Gasteiger partial charge in [-0.05, 0) is 51.1 Å². The molecule has 4 rings (SSSR count). The number of para-hydroxylation sites is 1. The average molecular weight is 519 g/mol. The van der Waals surface area contributed by atoms with Gasteiger partial charge >= 0.3 is 0 Å². The maximum absolute atomic E-state index is 6.36. The number of nitrogens with zero attached hydrogens (tertiary/aromatic N) is 5. The second-order valence-electron chi connectivity index (χ2n) is 10.0. The monoisotopic (exact) mass is 518 g/mol. The molecule has 0 aliphatic carbocycles. The molecule has 0 bridgehead atoms. The smallest absolute Gasteiger partial charge is 0.152 e. The lowest BCUT2D eigenvalue weighted by Crippen LogP contribution is -2.32. The molecule has 0 amide bonds. The number of imidazole rings is 1. The van der Waals surface area contributed by atoms with Crippen LogP contribution in [0.3, 0.4) is 0 Å². The van der Waals surface area contributed by atoms with Crippen LogP contribution in [0.15, 0.2) is 48.5 Å². The third-order valence-electron chi connectivity index (χ3n) is 6.84. The summed E-state index contributed by atoms with van der Waals surface area (Å²) in [4.78, 5) is 14.3. The van der Waals surface area contributed by atoms with Crippen LogP contribution in [0.5, 0.6) is 0 Å². The van der Waals surface area contributed by atoms with Gasteiger partial charge in [0.1, 0.15) is 17.9 Å². The molecule has 0 saturated carbocycles. The normalized spacial score (nSPS) is 11.9. The second kappa shape index (κ2) is 13.7. The maximum Gasteiger partial charge on any atom is 0.152 e. The van der Waals surface area contributed by atoms with Crippen molar-refractivity contribution >= 4 is 27.8 Å². The van der Waals surface area contributed by atoms with Gasteiger partial charge in [0.15, 0.2) is 5.82 Å². The van der Waals surface area contributed by atoms with Gasteiger partial charge in [-0.15, -0.1) is 0 Å². The number of nitrogen functional groups attached to an aromatic ring is 1. The molecular weight excluding hydrogens is 476 g/mol. The molecule has 0 saturated heterocycles. The minimum Gasteiger partial charge on any atom is -0.384 e. The van der Waals surface area contributed by atoms with Crippen LogP contribution in [-0.2, 0) is 35.6 Å². The van der Waals surface area contributed by atoms with E-state index in [0.29, 0.717) is 19.0 Å². The summed E-state index contributed by atoms with van der Waals surface area (Å²) >= 11 is 0. The summed E-state index contributed by atoms with van der Waals surface area (Å²) in [5.41, 5.74) is 11.7. The Morgan fingerprint density at radius 1 is 0.974 bits per heavy atom. The fourth-order valence-corrected chi connectivity index (χ4v) is 4.87. The number of aryl methyl sites for hydroxylation is 1. The molecule has 0 unspecified atom stereocenters. The topological polar surface area (TPSA) is 81.7 Å². The fraction of sp³-hybridized carbons (Fsp3) is 0.467. The quantitative estimate of drug-likeness (QED) is 0.251. The van der Waals surface area contributed by atoms with Crippen LogP contribution in [0.25, 0.3) is 21.9 Å². The van der Waals surface area contributed by atoms with Crippen molar-refractivity contribution in [2.45, 2.75) is 39.5 Å². The molecule has 0 aliphatic heterocycles. The summed E-state index contributed by atoms with van der Waals surface area (Å²) in [6.07, 6.45) is 1.92. The molecular formula is C30H42N6O2. The Kier molecular flexibility index (Phi) is 10.1. The molecule has 0 fully saturated rings. The summed E-state index contributed by atoms with van der Waals surface area (Å²) in [5, 5.41) is 1.07. The van der Waals surface area contributed by atoms with Crippen molar-refractivity contribution in [2.75, 3.05) is 59.8 Å². The Morgan fingerprint density at radius 3 is 2.58 bits per heavy atom. The van der Waals surface area contributed by atoms with E-state index in [4.69, 9.17) is 20.2 Å². The van der Waals surface area contributed by atoms with Crippen molar-refractivity contribution < 1.29 is 9.47 Å². The summed E-state index contributed by atoms with van der Waals surface area (Å²) in [7, 11) is 6.01. The lowest BCUT2D eigenvalue weighted by molar-refractivity contribution is 0.125. The van der Waals surface area contributed by atoms with Crippen LogP contribution in [0, 0.1) is 0 Å². The zero-order valence-electron chi connectivity index (χ0n) is 23.3. The van der Waals surface area contributed by atoms with Crippen molar-refractivity contribution in [1.82, 2.24) is 24.3 Å². The molecule has 8 heteroatoms. The Hall–Kier alpha value is -3.04. The van der Waals surface area contributed by atoms with E-state index in [0.717, 1.165) is 79.9 Å². The number of likely N-dealkylation sites (N-methyl/N-ethyl adjacent to an activating group) is 1. The van der Waals surface area contributed by atoms with Gasteiger partial charge in [-0.25, -0.2) is 9.97 Å². The molecule has 2 heterocycles. The highest BCUT2D eigenvalue weighted by Crippen LogP contribution is 2.29. The van der Waals surface area contributed by atoms with E-state index in [1.54, 1.807) is 7.11 Å². The van der Waals surface area contributed by atoms with Crippen LogP contribution >= 0.6 is 0 Å². The number of nitrogens with two attached hydrogens (primary N) is 1. The number of rotatable bonds is 15. The van der Waals surface area contributed by atoms with Crippen LogP contribution in [0.2, 0.25) is 0 Å². The highest BCUT2D eigenvalue weighted by Gasteiger charge is 2.18. The first-order valence-electron chi connectivity index (χ1n) is 13.5. The van der Waals surface area contributed by atoms with Crippen molar-refractivity contribution in [3.8, 4) is 0 Å². The molecule has 2 aromatic carbocycles. The Labute approximate surface area is 226 Å². The first-order chi connectivity index (χ1) is 18.5. The molecule has 2 aromatic heterocycles. The highest BCUT2D eigenvalue weighted by atomic mass is 16.5. The number of benzene rings is 2. The third kappa shape index (κ3) is 7.08. The predicted molar refractivity (Wildman–Crippen MR) is 155 cm³/mol. The number of methoxy groups -OCH3 is 1. The molecule has 4 aromatic rings. The zero-order chi connectivity index (χ0) is 26.9. The van der Waals surface area contributed by atoms with Crippen LogP contribution < -0.4 is 5.73 Å². The summed E-state index contributed by atoms with van der Waals surface area (Å²) in [6, 6.07) is 17.0.